The molecule has 4 nitrogen and oxygen atoms in total. The Kier molecular flexibility index (Phi) is 5.38. The van der Waals surface area contributed by atoms with Crippen molar-refractivity contribution < 1.29 is 14.2 Å². The molecule has 5 heteroatoms. The molecule has 0 N–H and O–H groups in total. The molecule has 2 rings (SSSR count). The highest BCUT2D eigenvalue weighted by atomic mass is 32.1. The minimum Gasteiger partial charge on any atom is -0.381 e. The Hall–Kier alpha value is -0.490. The van der Waals surface area contributed by atoms with Crippen LogP contribution in [0.4, 0.5) is 0 Å². The fraction of sp³-hybridized carbons (Fsp3) is 0.750. The van der Waals surface area contributed by atoms with Crippen molar-refractivity contribution in [1.82, 2.24) is 4.98 Å². The second kappa shape index (κ2) is 7.06. The molecule has 0 spiro atoms. The van der Waals surface area contributed by atoms with Gasteiger partial charge in [0.1, 0.15) is 0 Å². The largest absolute Gasteiger partial charge is 0.381 e. The lowest BCUT2D eigenvalue weighted by atomic mass is 10.3. The molecule has 96 valence electrons. The third kappa shape index (κ3) is 4.35. The van der Waals surface area contributed by atoms with E-state index in [4.69, 9.17) is 14.2 Å². The zero-order valence-electron chi connectivity index (χ0n) is 10.2. The van der Waals surface area contributed by atoms with E-state index in [-0.39, 0.29) is 6.29 Å². The van der Waals surface area contributed by atoms with Gasteiger partial charge in [0.25, 0.3) is 0 Å². The van der Waals surface area contributed by atoms with Gasteiger partial charge in [0.2, 0.25) is 0 Å². The van der Waals surface area contributed by atoms with Crippen molar-refractivity contribution in [1.29, 1.82) is 0 Å². The Morgan fingerprint density at radius 3 is 2.94 bits per heavy atom. The molecule has 0 radical (unpaired) electrons. The summed E-state index contributed by atoms with van der Waals surface area (Å²) in [5, 5.41) is 0. The molecule has 1 fully saturated rings. The molecule has 0 amide bonds. The number of aryl methyl sites for hydroxylation is 1. The van der Waals surface area contributed by atoms with Gasteiger partial charge in [-0.3, -0.25) is 0 Å². The second-order valence-corrected chi connectivity index (χ2v) is 4.98. The normalized spacial score (nSPS) is 17.5. The molecule has 0 saturated carbocycles. The number of ether oxygens (including phenoxy) is 3. The Morgan fingerprint density at radius 1 is 1.41 bits per heavy atom. The van der Waals surface area contributed by atoms with Gasteiger partial charge in [-0.1, -0.05) is 0 Å². The van der Waals surface area contributed by atoms with Crippen LogP contribution >= 0.6 is 11.3 Å². The lowest BCUT2D eigenvalue weighted by Gasteiger charge is -2.22. The molecular weight excluding hydrogens is 238 g/mol. The summed E-state index contributed by atoms with van der Waals surface area (Å²) < 4.78 is 16.5. The summed E-state index contributed by atoms with van der Waals surface area (Å²) in [6, 6.07) is 0. The van der Waals surface area contributed by atoms with Crippen molar-refractivity contribution in [2.24, 2.45) is 0 Å². The third-order valence-corrected chi connectivity index (χ3v) is 3.71. The summed E-state index contributed by atoms with van der Waals surface area (Å²) in [4.78, 5) is 5.53. The lowest BCUT2D eigenvalue weighted by Crippen LogP contribution is -2.26. The minimum atomic E-state index is -0.0612. The number of nitrogens with zero attached hydrogens (tertiary/aromatic N) is 1. The third-order valence-electron chi connectivity index (χ3n) is 2.71. The number of thiazole rings is 1. The van der Waals surface area contributed by atoms with Crippen molar-refractivity contribution in [2.45, 2.75) is 32.5 Å². The topological polar surface area (TPSA) is 40.6 Å². The maximum Gasteiger partial charge on any atom is 0.159 e. The van der Waals surface area contributed by atoms with E-state index in [0.717, 1.165) is 44.8 Å². The molecule has 0 bridgehead atoms. The Morgan fingerprint density at radius 2 is 2.24 bits per heavy atom. The number of aromatic nitrogens is 1. The molecule has 1 saturated heterocycles. The molecule has 0 unspecified atom stereocenters. The van der Waals surface area contributed by atoms with Gasteiger partial charge in [0.05, 0.1) is 37.6 Å². The Labute approximate surface area is 106 Å². The van der Waals surface area contributed by atoms with Crippen LogP contribution in [0.25, 0.3) is 0 Å². The van der Waals surface area contributed by atoms with E-state index in [0.29, 0.717) is 6.61 Å². The summed E-state index contributed by atoms with van der Waals surface area (Å²) in [6.07, 6.45) is 2.71. The van der Waals surface area contributed by atoms with Crippen molar-refractivity contribution in [2.75, 3.05) is 26.4 Å². The van der Waals surface area contributed by atoms with E-state index in [9.17, 15) is 0 Å². The van der Waals surface area contributed by atoms with Crippen LogP contribution in [-0.2, 0) is 20.6 Å². The van der Waals surface area contributed by atoms with Gasteiger partial charge < -0.3 is 14.2 Å². The van der Waals surface area contributed by atoms with Crippen LogP contribution < -0.4 is 0 Å². The van der Waals surface area contributed by atoms with Gasteiger partial charge in [0, 0.05) is 17.7 Å². The summed E-state index contributed by atoms with van der Waals surface area (Å²) in [7, 11) is 0. The first-order chi connectivity index (χ1) is 8.36. The van der Waals surface area contributed by atoms with Crippen LogP contribution in [0, 0.1) is 6.92 Å². The average Bonchev–Trinajstić information content (AvgIpc) is 2.76. The molecular formula is C12H19NO3S. The molecule has 0 aliphatic carbocycles. The molecule has 1 aromatic heterocycles. The lowest BCUT2D eigenvalue weighted by molar-refractivity contribution is -0.186. The monoisotopic (exact) mass is 257 g/mol. The minimum absolute atomic E-state index is 0.0612. The predicted octanol–water partition coefficient (Wildman–Crippen LogP) is 2.16. The van der Waals surface area contributed by atoms with Crippen molar-refractivity contribution in [3.05, 3.63) is 16.1 Å². The zero-order valence-corrected chi connectivity index (χ0v) is 11.0. The van der Waals surface area contributed by atoms with Gasteiger partial charge in [-0.2, -0.15) is 0 Å². The highest BCUT2D eigenvalue weighted by Gasteiger charge is 2.13. The predicted molar refractivity (Wildman–Crippen MR) is 66.3 cm³/mol. The maximum atomic E-state index is 5.58. The highest BCUT2D eigenvalue weighted by molar-refractivity contribution is 7.09. The van der Waals surface area contributed by atoms with Crippen LogP contribution in [0.1, 0.15) is 23.4 Å². The van der Waals surface area contributed by atoms with Crippen molar-refractivity contribution in [3.63, 3.8) is 0 Å². The summed E-state index contributed by atoms with van der Waals surface area (Å²) in [5.41, 5.74) is 3.01. The number of rotatable bonds is 6. The van der Waals surface area contributed by atoms with E-state index in [1.54, 1.807) is 11.3 Å². The van der Waals surface area contributed by atoms with Gasteiger partial charge in [-0.15, -0.1) is 11.3 Å². The maximum absolute atomic E-state index is 5.58. The second-order valence-electron chi connectivity index (χ2n) is 4.04. The van der Waals surface area contributed by atoms with E-state index in [1.165, 1.54) is 4.88 Å². The van der Waals surface area contributed by atoms with Crippen LogP contribution in [0.3, 0.4) is 0 Å². The summed E-state index contributed by atoms with van der Waals surface area (Å²) in [5.74, 6) is 0. The quantitative estimate of drug-likeness (QED) is 0.732. The van der Waals surface area contributed by atoms with E-state index < -0.39 is 0 Å². The number of hydrogen-bond donors (Lipinski definition) is 0. The molecule has 0 aromatic carbocycles. The first kappa shape index (κ1) is 13.0. The van der Waals surface area contributed by atoms with Gasteiger partial charge in [-0.25, -0.2) is 4.98 Å². The standard InChI is InChI=1S/C12H19NO3S/c1-10-11(17-9-13-10)3-7-14-8-4-12-15-5-2-6-16-12/h9,12H,2-8H2,1H3. The van der Waals surface area contributed by atoms with Gasteiger partial charge in [-0.05, 0) is 13.3 Å². The van der Waals surface area contributed by atoms with Crippen molar-refractivity contribution in [3.8, 4) is 0 Å². The molecule has 1 aliphatic rings. The van der Waals surface area contributed by atoms with E-state index >= 15 is 0 Å². The summed E-state index contributed by atoms with van der Waals surface area (Å²) >= 11 is 1.70. The van der Waals surface area contributed by atoms with Crippen molar-refractivity contribution >= 4 is 11.3 Å². The Balaban J connectivity index is 1.53. The Bertz CT molecular complexity index is 323. The van der Waals surface area contributed by atoms with Crippen LogP contribution in [0.15, 0.2) is 5.51 Å². The molecule has 17 heavy (non-hydrogen) atoms. The zero-order chi connectivity index (χ0) is 11.9. The van der Waals surface area contributed by atoms with Gasteiger partial charge >= 0.3 is 0 Å². The molecule has 1 aliphatic heterocycles. The fourth-order valence-electron chi connectivity index (χ4n) is 1.72. The van der Waals surface area contributed by atoms with Gasteiger partial charge in [0.15, 0.2) is 6.29 Å². The fourth-order valence-corrected chi connectivity index (χ4v) is 2.48. The van der Waals surface area contributed by atoms with E-state index in [2.05, 4.69) is 4.98 Å². The van der Waals surface area contributed by atoms with E-state index in [1.807, 2.05) is 12.4 Å². The summed E-state index contributed by atoms with van der Waals surface area (Å²) in [6.45, 7) is 5.10. The van der Waals surface area contributed by atoms with Crippen LogP contribution in [0.5, 0.6) is 0 Å². The molecule has 0 atom stereocenters. The molecule has 1 aromatic rings. The SMILES string of the molecule is Cc1ncsc1CCOCCC1OCCCO1. The number of hydrogen-bond acceptors (Lipinski definition) is 5. The first-order valence-electron chi connectivity index (χ1n) is 6.06. The average molecular weight is 257 g/mol. The smallest absolute Gasteiger partial charge is 0.159 e. The highest BCUT2D eigenvalue weighted by Crippen LogP contribution is 2.13. The first-order valence-corrected chi connectivity index (χ1v) is 6.94. The molecule has 2 heterocycles. The van der Waals surface area contributed by atoms with Crippen LogP contribution in [0.2, 0.25) is 0 Å². The van der Waals surface area contributed by atoms with Crippen LogP contribution in [-0.4, -0.2) is 37.7 Å².